The molecule has 0 unspecified atom stereocenters. The number of aromatic nitrogens is 4. The third-order valence-electron chi connectivity index (χ3n) is 2.91. The monoisotopic (exact) mass is 370 g/mol. The number of nitrogens with two attached hydrogens (primary N) is 2. The molecule has 0 fully saturated rings. The summed E-state index contributed by atoms with van der Waals surface area (Å²) >= 11 is 2.32. The van der Waals surface area contributed by atoms with Gasteiger partial charge in [-0.1, -0.05) is 23.5 Å². The van der Waals surface area contributed by atoms with Crippen molar-refractivity contribution in [2.45, 2.75) is 29.6 Å². The molecule has 2 aromatic rings. The molecule has 0 saturated carbocycles. The summed E-state index contributed by atoms with van der Waals surface area (Å²) in [5, 5.41) is 14.9. The Hall–Kier alpha value is -1.85. The number of primary amides is 2. The predicted molar refractivity (Wildman–Crippen MR) is 91.5 cm³/mol. The van der Waals surface area contributed by atoms with Crippen LogP contribution in [0.15, 0.2) is 16.4 Å². The Morgan fingerprint density at radius 1 is 1.12 bits per heavy atom. The molecule has 2 heterocycles. The zero-order chi connectivity index (χ0) is 17.5. The van der Waals surface area contributed by atoms with Gasteiger partial charge in [-0.2, -0.15) is 5.10 Å². The highest BCUT2D eigenvalue weighted by atomic mass is 32.2. The molecular weight excluding hydrogens is 352 g/mol. The van der Waals surface area contributed by atoms with Gasteiger partial charge in [0, 0.05) is 13.2 Å². The van der Waals surface area contributed by atoms with Crippen LogP contribution in [0.25, 0.3) is 11.0 Å². The van der Waals surface area contributed by atoms with Crippen LogP contribution in [-0.4, -0.2) is 54.8 Å². The van der Waals surface area contributed by atoms with Crippen LogP contribution in [0.5, 0.6) is 0 Å². The third-order valence-corrected chi connectivity index (χ3v) is 4.80. The van der Waals surface area contributed by atoms with Crippen LogP contribution >= 0.6 is 23.5 Å². The number of thioether (sulfide) groups is 2. The van der Waals surface area contributed by atoms with Crippen LogP contribution < -0.4 is 11.5 Å². The molecule has 2 rings (SSSR count). The van der Waals surface area contributed by atoms with Crippen molar-refractivity contribution in [3.8, 4) is 0 Å². The molecule has 11 heteroatoms. The SMILES string of the molecule is NC(=O)CSc1nc(SCC(N)=O)c2cnn(CCCCO)c2n1. The van der Waals surface area contributed by atoms with Crippen LogP contribution in [-0.2, 0) is 16.1 Å². The molecule has 130 valence electrons. The van der Waals surface area contributed by atoms with E-state index < -0.39 is 11.8 Å². The fourth-order valence-electron chi connectivity index (χ4n) is 1.90. The van der Waals surface area contributed by atoms with Gasteiger partial charge in [0.25, 0.3) is 0 Å². The number of nitrogens with zero attached hydrogens (tertiary/aromatic N) is 4. The van der Waals surface area contributed by atoms with Gasteiger partial charge in [0.15, 0.2) is 10.8 Å². The standard InChI is InChI=1S/C13H18N6O3S2/c14-9(21)6-23-12-8-5-16-19(3-1-2-4-20)11(8)17-13(18-12)24-7-10(15)22/h5,20H,1-4,6-7H2,(H2,14,21)(H2,15,22). The molecule has 9 nitrogen and oxygen atoms in total. The molecule has 0 aromatic carbocycles. The Labute approximate surface area is 146 Å². The van der Waals surface area contributed by atoms with E-state index in [2.05, 4.69) is 15.1 Å². The molecule has 0 aliphatic carbocycles. The van der Waals surface area contributed by atoms with E-state index >= 15 is 0 Å². The number of unbranched alkanes of at least 4 members (excludes halogenated alkanes) is 1. The van der Waals surface area contributed by atoms with Gasteiger partial charge in [-0.05, 0) is 12.8 Å². The maximum absolute atomic E-state index is 11.0. The molecule has 0 bridgehead atoms. The van der Waals surface area contributed by atoms with Crippen molar-refractivity contribution < 1.29 is 14.7 Å². The third kappa shape index (κ3) is 5.08. The number of rotatable bonds is 10. The molecule has 2 amide bonds. The minimum Gasteiger partial charge on any atom is -0.396 e. The highest BCUT2D eigenvalue weighted by Crippen LogP contribution is 2.28. The number of aryl methyl sites for hydroxylation is 1. The summed E-state index contributed by atoms with van der Waals surface area (Å²) in [7, 11) is 0. The first-order valence-corrected chi connectivity index (χ1v) is 9.15. The summed E-state index contributed by atoms with van der Waals surface area (Å²) in [4.78, 5) is 30.8. The van der Waals surface area contributed by atoms with E-state index in [-0.39, 0.29) is 18.1 Å². The van der Waals surface area contributed by atoms with Gasteiger partial charge in [-0.15, -0.1) is 0 Å². The molecule has 2 aromatic heterocycles. The van der Waals surface area contributed by atoms with Crippen molar-refractivity contribution in [1.82, 2.24) is 19.7 Å². The fourth-order valence-corrected chi connectivity index (χ4v) is 3.26. The lowest BCUT2D eigenvalue weighted by Gasteiger charge is -2.06. The first-order chi connectivity index (χ1) is 11.5. The van der Waals surface area contributed by atoms with E-state index in [1.807, 2.05) is 0 Å². The van der Waals surface area contributed by atoms with Gasteiger partial charge < -0.3 is 16.6 Å². The summed E-state index contributed by atoms with van der Waals surface area (Å²) in [6.45, 7) is 0.717. The van der Waals surface area contributed by atoms with E-state index in [0.29, 0.717) is 34.2 Å². The quantitative estimate of drug-likeness (QED) is 0.224. The van der Waals surface area contributed by atoms with E-state index in [1.165, 1.54) is 11.8 Å². The minimum atomic E-state index is -0.466. The first-order valence-electron chi connectivity index (χ1n) is 7.18. The van der Waals surface area contributed by atoms with E-state index in [0.717, 1.165) is 18.2 Å². The van der Waals surface area contributed by atoms with Gasteiger partial charge in [-0.3, -0.25) is 9.59 Å². The Balaban J connectivity index is 2.33. The summed E-state index contributed by atoms with van der Waals surface area (Å²) in [6, 6.07) is 0. The van der Waals surface area contributed by atoms with Crippen LogP contribution in [0.1, 0.15) is 12.8 Å². The smallest absolute Gasteiger partial charge is 0.227 e. The number of aliphatic hydroxyl groups is 1. The summed E-state index contributed by atoms with van der Waals surface area (Å²) in [5.74, 6) is -0.772. The maximum Gasteiger partial charge on any atom is 0.227 e. The number of aliphatic hydroxyl groups excluding tert-OH is 1. The number of carbonyl (C=O) groups excluding carboxylic acids is 2. The Bertz CT molecular complexity index is 736. The highest BCUT2D eigenvalue weighted by molar-refractivity contribution is 8.00. The molecule has 0 aliphatic heterocycles. The van der Waals surface area contributed by atoms with Gasteiger partial charge >= 0.3 is 0 Å². The normalized spacial score (nSPS) is 11.0. The van der Waals surface area contributed by atoms with Crippen molar-refractivity contribution in [3.63, 3.8) is 0 Å². The fraction of sp³-hybridized carbons (Fsp3) is 0.462. The van der Waals surface area contributed by atoms with Crippen LogP contribution in [0.4, 0.5) is 0 Å². The molecule has 5 N–H and O–H groups in total. The van der Waals surface area contributed by atoms with Gasteiger partial charge in [0.1, 0.15) is 5.03 Å². The van der Waals surface area contributed by atoms with Crippen molar-refractivity contribution in [3.05, 3.63) is 6.20 Å². The summed E-state index contributed by atoms with van der Waals surface area (Å²) in [6.07, 6.45) is 3.06. The van der Waals surface area contributed by atoms with Crippen LogP contribution in [0.3, 0.4) is 0 Å². The summed E-state index contributed by atoms with van der Waals surface area (Å²) in [5.41, 5.74) is 11.0. The minimum absolute atomic E-state index is 0.0596. The lowest BCUT2D eigenvalue weighted by Crippen LogP contribution is -2.14. The van der Waals surface area contributed by atoms with Crippen molar-refractivity contribution in [2.24, 2.45) is 11.5 Å². The van der Waals surface area contributed by atoms with E-state index in [9.17, 15) is 9.59 Å². The lowest BCUT2D eigenvalue weighted by molar-refractivity contribution is -0.116. The zero-order valence-corrected chi connectivity index (χ0v) is 14.5. The van der Waals surface area contributed by atoms with Crippen molar-refractivity contribution in [2.75, 3.05) is 18.1 Å². The lowest BCUT2D eigenvalue weighted by atomic mass is 10.3. The average molecular weight is 370 g/mol. The molecule has 0 radical (unpaired) electrons. The first kappa shape index (κ1) is 18.5. The average Bonchev–Trinajstić information content (AvgIpc) is 2.94. The second kappa shape index (κ2) is 8.85. The molecule has 0 atom stereocenters. The number of hydrogen-bond donors (Lipinski definition) is 3. The number of fused-ring (bicyclic) bond motifs is 1. The maximum atomic E-state index is 11.0. The van der Waals surface area contributed by atoms with E-state index in [4.69, 9.17) is 16.6 Å². The largest absolute Gasteiger partial charge is 0.396 e. The number of hydrogen-bond acceptors (Lipinski definition) is 8. The zero-order valence-electron chi connectivity index (χ0n) is 12.8. The number of carbonyl (C=O) groups is 2. The Morgan fingerprint density at radius 3 is 2.50 bits per heavy atom. The second-order valence-electron chi connectivity index (χ2n) is 4.86. The Kier molecular flexibility index (Phi) is 6.82. The topological polar surface area (TPSA) is 150 Å². The highest BCUT2D eigenvalue weighted by Gasteiger charge is 2.15. The predicted octanol–water partition coefficient (Wildman–Crippen LogP) is -0.246. The molecule has 24 heavy (non-hydrogen) atoms. The molecule has 0 aliphatic rings. The molecular formula is C13H18N6O3S2. The van der Waals surface area contributed by atoms with Crippen molar-refractivity contribution in [1.29, 1.82) is 0 Å². The van der Waals surface area contributed by atoms with Crippen molar-refractivity contribution >= 4 is 46.4 Å². The van der Waals surface area contributed by atoms with E-state index in [1.54, 1.807) is 10.9 Å². The van der Waals surface area contributed by atoms with Crippen LogP contribution in [0.2, 0.25) is 0 Å². The molecule has 0 spiro atoms. The van der Waals surface area contributed by atoms with Gasteiger partial charge in [0.05, 0.1) is 23.1 Å². The van der Waals surface area contributed by atoms with Gasteiger partial charge in [0.2, 0.25) is 11.8 Å². The summed E-state index contributed by atoms with van der Waals surface area (Å²) < 4.78 is 1.72. The number of amides is 2. The Morgan fingerprint density at radius 2 is 1.83 bits per heavy atom. The second-order valence-corrected chi connectivity index (χ2v) is 6.76. The van der Waals surface area contributed by atoms with Crippen LogP contribution in [0, 0.1) is 0 Å². The van der Waals surface area contributed by atoms with Gasteiger partial charge in [-0.25, -0.2) is 14.6 Å². The molecule has 0 saturated heterocycles.